The van der Waals surface area contributed by atoms with Gasteiger partial charge in [0.2, 0.25) is 0 Å². The first-order valence-electron chi connectivity index (χ1n) is 6.99. The van der Waals surface area contributed by atoms with Gasteiger partial charge >= 0.3 is 0 Å². The molecule has 2 aliphatic rings. The quantitative estimate of drug-likeness (QED) is 0.881. The molecule has 0 aliphatic carbocycles. The van der Waals surface area contributed by atoms with E-state index in [-0.39, 0.29) is 0 Å². The second kappa shape index (κ2) is 5.14. The van der Waals surface area contributed by atoms with Gasteiger partial charge in [0.1, 0.15) is 5.82 Å². The van der Waals surface area contributed by atoms with Gasteiger partial charge in [0.25, 0.3) is 0 Å². The fraction of sp³-hybridized carbons (Fsp3) is 0.643. The van der Waals surface area contributed by atoms with Crippen molar-refractivity contribution in [2.24, 2.45) is 0 Å². The lowest BCUT2D eigenvalue weighted by atomic mass is 10.2. The molecule has 4 heteroatoms. The van der Waals surface area contributed by atoms with Crippen molar-refractivity contribution in [1.29, 1.82) is 0 Å². The van der Waals surface area contributed by atoms with Crippen molar-refractivity contribution in [3.63, 3.8) is 0 Å². The fourth-order valence-corrected chi connectivity index (χ4v) is 3.13. The molecule has 2 saturated heterocycles. The topological polar surface area (TPSA) is 31.4 Å². The van der Waals surface area contributed by atoms with Crippen LogP contribution in [-0.2, 0) is 0 Å². The van der Waals surface area contributed by atoms with E-state index in [1.165, 1.54) is 51.1 Å². The SMILES string of the molecule is CNc1cc(N2CCC(N3CCCC3)C2)ccn1. The van der Waals surface area contributed by atoms with Gasteiger partial charge in [-0.25, -0.2) is 4.98 Å². The van der Waals surface area contributed by atoms with Crippen molar-refractivity contribution in [1.82, 2.24) is 9.88 Å². The lowest BCUT2D eigenvalue weighted by Crippen LogP contribution is -2.35. The minimum Gasteiger partial charge on any atom is -0.373 e. The lowest BCUT2D eigenvalue weighted by molar-refractivity contribution is 0.260. The van der Waals surface area contributed by atoms with Crippen LogP contribution in [0.4, 0.5) is 11.5 Å². The minimum atomic E-state index is 0.763. The van der Waals surface area contributed by atoms with E-state index < -0.39 is 0 Å². The molecular formula is C14H22N4. The molecule has 18 heavy (non-hydrogen) atoms. The summed E-state index contributed by atoms with van der Waals surface area (Å²) in [7, 11) is 1.92. The standard InChI is InChI=1S/C14H22N4/c1-15-14-10-12(4-6-16-14)18-9-5-13(11-18)17-7-2-3-8-17/h4,6,10,13H,2-3,5,7-9,11H2,1H3,(H,15,16). The Bertz CT molecular complexity index is 401. The van der Waals surface area contributed by atoms with E-state index in [1.54, 1.807) is 0 Å². The van der Waals surface area contributed by atoms with E-state index in [1.807, 2.05) is 13.2 Å². The number of nitrogens with one attached hydrogen (secondary N) is 1. The molecule has 98 valence electrons. The van der Waals surface area contributed by atoms with Crippen LogP contribution in [0.25, 0.3) is 0 Å². The second-order valence-electron chi connectivity index (χ2n) is 5.28. The predicted octanol–water partition coefficient (Wildman–Crippen LogP) is 1.80. The van der Waals surface area contributed by atoms with Crippen LogP contribution in [0, 0.1) is 0 Å². The Morgan fingerprint density at radius 2 is 2.11 bits per heavy atom. The van der Waals surface area contributed by atoms with E-state index in [2.05, 4.69) is 32.2 Å². The predicted molar refractivity (Wildman–Crippen MR) is 75.2 cm³/mol. The highest BCUT2D eigenvalue weighted by Gasteiger charge is 2.29. The van der Waals surface area contributed by atoms with Crippen LogP contribution in [-0.4, -0.2) is 49.2 Å². The Hall–Kier alpha value is -1.29. The molecule has 1 aromatic heterocycles. The summed E-state index contributed by atoms with van der Waals surface area (Å²) in [5, 5.41) is 3.11. The number of likely N-dealkylation sites (tertiary alicyclic amines) is 1. The molecule has 2 fully saturated rings. The zero-order chi connectivity index (χ0) is 12.4. The highest BCUT2D eigenvalue weighted by atomic mass is 15.3. The Labute approximate surface area is 109 Å². The van der Waals surface area contributed by atoms with Crippen LogP contribution in [0.2, 0.25) is 0 Å². The number of hydrogen-bond donors (Lipinski definition) is 1. The summed E-state index contributed by atoms with van der Waals surface area (Å²) in [5.74, 6) is 0.956. The molecule has 0 radical (unpaired) electrons. The van der Waals surface area contributed by atoms with Crippen molar-refractivity contribution >= 4 is 11.5 Å². The van der Waals surface area contributed by atoms with Gasteiger partial charge in [-0.15, -0.1) is 0 Å². The van der Waals surface area contributed by atoms with E-state index in [0.717, 1.165) is 11.9 Å². The zero-order valence-corrected chi connectivity index (χ0v) is 11.1. The molecular weight excluding hydrogens is 224 g/mol. The summed E-state index contributed by atoms with van der Waals surface area (Å²) in [6.45, 7) is 4.95. The monoisotopic (exact) mass is 246 g/mol. The average molecular weight is 246 g/mol. The molecule has 0 spiro atoms. The second-order valence-corrected chi connectivity index (χ2v) is 5.28. The van der Waals surface area contributed by atoms with E-state index in [9.17, 15) is 0 Å². The van der Waals surface area contributed by atoms with Crippen LogP contribution >= 0.6 is 0 Å². The molecule has 0 amide bonds. The number of anilines is 2. The third-order valence-corrected chi connectivity index (χ3v) is 4.19. The summed E-state index contributed by atoms with van der Waals surface area (Å²) in [4.78, 5) is 9.44. The van der Waals surface area contributed by atoms with Gasteiger partial charge in [0, 0.05) is 44.1 Å². The van der Waals surface area contributed by atoms with Crippen molar-refractivity contribution in [3.05, 3.63) is 18.3 Å². The number of nitrogens with zero attached hydrogens (tertiary/aromatic N) is 3. The Morgan fingerprint density at radius 3 is 2.89 bits per heavy atom. The van der Waals surface area contributed by atoms with Crippen LogP contribution in [0.5, 0.6) is 0 Å². The van der Waals surface area contributed by atoms with Crippen LogP contribution < -0.4 is 10.2 Å². The Balaban J connectivity index is 1.67. The first kappa shape index (κ1) is 11.8. The molecule has 1 atom stereocenters. The van der Waals surface area contributed by atoms with Crippen LogP contribution in [0.15, 0.2) is 18.3 Å². The highest BCUT2D eigenvalue weighted by Crippen LogP contribution is 2.26. The molecule has 3 heterocycles. The van der Waals surface area contributed by atoms with Crippen LogP contribution in [0.3, 0.4) is 0 Å². The van der Waals surface area contributed by atoms with Gasteiger partial charge in [-0.2, -0.15) is 0 Å². The normalized spacial score (nSPS) is 24.7. The molecule has 1 N–H and O–H groups in total. The summed E-state index contributed by atoms with van der Waals surface area (Å²) in [6, 6.07) is 5.03. The number of hydrogen-bond acceptors (Lipinski definition) is 4. The molecule has 1 unspecified atom stereocenters. The van der Waals surface area contributed by atoms with Gasteiger partial charge in [-0.05, 0) is 38.4 Å². The summed E-state index contributed by atoms with van der Waals surface area (Å²) in [6.07, 6.45) is 5.97. The fourth-order valence-electron chi connectivity index (χ4n) is 3.13. The van der Waals surface area contributed by atoms with E-state index >= 15 is 0 Å². The average Bonchev–Trinajstić information content (AvgIpc) is 3.09. The van der Waals surface area contributed by atoms with Crippen molar-refractivity contribution in [3.8, 4) is 0 Å². The Morgan fingerprint density at radius 1 is 1.28 bits per heavy atom. The molecule has 1 aromatic rings. The van der Waals surface area contributed by atoms with Gasteiger partial charge < -0.3 is 10.2 Å². The number of pyridine rings is 1. The van der Waals surface area contributed by atoms with Crippen molar-refractivity contribution in [2.75, 3.05) is 43.4 Å². The highest BCUT2D eigenvalue weighted by molar-refractivity contribution is 5.54. The largest absolute Gasteiger partial charge is 0.373 e. The number of rotatable bonds is 3. The first-order chi connectivity index (χ1) is 8.86. The van der Waals surface area contributed by atoms with Crippen LogP contribution in [0.1, 0.15) is 19.3 Å². The van der Waals surface area contributed by atoms with Crippen molar-refractivity contribution < 1.29 is 0 Å². The zero-order valence-electron chi connectivity index (χ0n) is 11.1. The molecule has 0 bridgehead atoms. The molecule has 0 aromatic carbocycles. The maximum absolute atomic E-state index is 4.28. The number of aromatic nitrogens is 1. The lowest BCUT2D eigenvalue weighted by Gasteiger charge is -2.24. The first-order valence-corrected chi connectivity index (χ1v) is 6.99. The maximum Gasteiger partial charge on any atom is 0.127 e. The van der Waals surface area contributed by atoms with Crippen molar-refractivity contribution in [2.45, 2.75) is 25.3 Å². The Kier molecular flexibility index (Phi) is 3.37. The third kappa shape index (κ3) is 2.29. The van der Waals surface area contributed by atoms with E-state index in [0.29, 0.717) is 0 Å². The summed E-state index contributed by atoms with van der Waals surface area (Å²) >= 11 is 0. The summed E-state index contributed by atoms with van der Waals surface area (Å²) < 4.78 is 0. The van der Waals surface area contributed by atoms with E-state index in [4.69, 9.17) is 0 Å². The maximum atomic E-state index is 4.28. The van der Waals surface area contributed by atoms with Gasteiger partial charge in [0.15, 0.2) is 0 Å². The molecule has 0 saturated carbocycles. The summed E-state index contributed by atoms with van der Waals surface area (Å²) in [5.41, 5.74) is 1.30. The van der Waals surface area contributed by atoms with Gasteiger partial charge in [-0.3, -0.25) is 4.90 Å². The molecule has 4 nitrogen and oxygen atoms in total. The molecule has 3 rings (SSSR count). The van der Waals surface area contributed by atoms with Gasteiger partial charge in [-0.1, -0.05) is 0 Å². The van der Waals surface area contributed by atoms with Gasteiger partial charge in [0.05, 0.1) is 0 Å². The third-order valence-electron chi connectivity index (χ3n) is 4.19. The smallest absolute Gasteiger partial charge is 0.127 e. The molecule has 2 aliphatic heterocycles. The minimum absolute atomic E-state index is 0.763.